The number of rotatable bonds is 6. The van der Waals surface area contributed by atoms with Gasteiger partial charge in [-0.25, -0.2) is 4.98 Å². The van der Waals surface area contributed by atoms with E-state index in [1.807, 2.05) is 7.05 Å². The van der Waals surface area contributed by atoms with Crippen LogP contribution in [0.4, 0.5) is 11.5 Å². The van der Waals surface area contributed by atoms with Crippen molar-refractivity contribution in [1.82, 2.24) is 9.88 Å². The lowest BCUT2D eigenvalue weighted by Crippen LogP contribution is -2.24. The van der Waals surface area contributed by atoms with Crippen LogP contribution >= 0.6 is 0 Å². The highest BCUT2D eigenvalue weighted by molar-refractivity contribution is 5.48. The molecule has 0 fully saturated rings. The number of aromatic nitrogens is 1. The Morgan fingerprint density at radius 2 is 2.29 bits per heavy atom. The Hall–Kier alpha value is -1.69. The van der Waals surface area contributed by atoms with E-state index in [2.05, 4.69) is 22.1 Å². The van der Waals surface area contributed by atoms with Crippen LogP contribution in [0.2, 0.25) is 0 Å². The van der Waals surface area contributed by atoms with Crippen LogP contribution in [0.3, 0.4) is 0 Å². The molecule has 0 aromatic carbocycles. The molecule has 0 unspecified atom stereocenters. The Labute approximate surface area is 101 Å². The zero-order valence-electron chi connectivity index (χ0n) is 10.4. The van der Waals surface area contributed by atoms with Gasteiger partial charge in [-0.05, 0) is 20.5 Å². The lowest BCUT2D eigenvalue weighted by Gasteiger charge is -2.14. The monoisotopic (exact) mass is 238 g/mol. The lowest BCUT2D eigenvalue weighted by atomic mass is 10.2. The molecule has 6 nitrogen and oxygen atoms in total. The summed E-state index contributed by atoms with van der Waals surface area (Å²) in [6.45, 7) is 6.33. The van der Waals surface area contributed by atoms with E-state index in [9.17, 15) is 10.1 Å². The number of hydrogen-bond acceptors (Lipinski definition) is 5. The molecule has 0 aliphatic carbocycles. The van der Waals surface area contributed by atoms with E-state index in [-0.39, 0.29) is 10.6 Å². The highest BCUT2D eigenvalue weighted by Gasteiger charge is 2.11. The average molecular weight is 238 g/mol. The van der Waals surface area contributed by atoms with Crippen LogP contribution in [-0.4, -0.2) is 41.5 Å². The summed E-state index contributed by atoms with van der Waals surface area (Å²) < 4.78 is 0. The quantitative estimate of drug-likeness (QED) is 0.603. The summed E-state index contributed by atoms with van der Waals surface area (Å²) in [5, 5.41) is 13.8. The average Bonchev–Trinajstić information content (AvgIpc) is 2.30. The van der Waals surface area contributed by atoms with Gasteiger partial charge in [-0.2, -0.15) is 0 Å². The molecule has 0 atom stereocenters. The maximum Gasteiger partial charge on any atom is 0.277 e. The third-order valence-electron chi connectivity index (χ3n) is 2.61. The van der Waals surface area contributed by atoms with Crippen molar-refractivity contribution in [2.75, 3.05) is 32.0 Å². The largest absolute Gasteiger partial charge is 0.369 e. The van der Waals surface area contributed by atoms with E-state index in [4.69, 9.17) is 0 Å². The van der Waals surface area contributed by atoms with Crippen molar-refractivity contribution in [3.05, 3.63) is 27.9 Å². The van der Waals surface area contributed by atoms with E-state index in [1.165, 1.54) is 12.3 Å². The van der Waals surface area contributed by atoms with Crippen LogP contribution in [0.5, 0.6) is 0 Å². The first kappa shape index (κ1) is 13.4. The molecule has 0 saturated heterocycles. The van der Waals surface area contributed by atoms with Gasteiger partial charge in [0, 0.05) is 24.8 Å². The van der Waals surface area contributed by atoms with E-state index in [0.29, 0.717) is 11.4 Å². The molecule has 1 N–H and O–H groups in total. The van der Waals surface area contributed by atoms with Gasteiger partial charge in [0.25, 0.3) is 5.69 Å². The van der Waals surface area contributed by atoms with Crippen LogP contribution in [0, 0.1) is 17.0 Å². The first-order chi connectivity index (χ1) is 8.04. The van der Waals surface area contributed by atoms with Crippen molar-refractivity contribution < 1.29 is 4.92 Å². The number of nitro groups is 1. The highest BCUT2D eigenvalue weighted by atomic mass is 16.6. The Balaban J connectivity index is 2.60. The Morgan fingerprint density at radius 3 is 2.88 bits per heavy atom. The van der Waals surface area contributed by atoms with E-state index >= 15 is 0 Å². The number of hydrogen-bond donors (Lipinski definition) is 1. The van der Waals surface area contributed by atoms with Crippen LogP contribution in [0.15, 0.2) is 12.3 Å². The van der Waals surface area contributed by atoms with Crippen molar-refractivity contribution in [2.24, 2.45) is 0 Å². The fraction of sp³-hybridized carbons (Fsp3) is 0.545. The smallest absolute Gasteiger partial charge is 0.277 e. The fourth-order valence-electron chi connectivity index (χ4n) is 1.34. The topological polar surface area (TPSA) is 71.3 Å². The highest BCUT2D eigenvalue weighted by Crippen LogP contribution is 2.19. The van der Waals surface area contributed by atoms with Gasteiger partial charge in [-0.15, -0.1) is 0 Å². The molecule has 0 bridgehead atoms. The van der Waals surface area contributed by atoms with E-state index in [0.717, 1.165) is 19.6 Å². The van der Waals surface area contributed by atoms with Gasteiger partial charge < -0.3 is 10.2 Å². The summed E-state index contributed by atoms with van der Waals surface area (Å²) in [6, 6.07) is 1.47. The van der Waals surface area contributed by atoms with Crippen LogP contribution < -0.4 is 5.32 Å². The molecule has 0 aliphatic rings. The minimum Gasteiger partial charge on any atom is -0.369 e. The zero-order valence-corrected chi connectivity index (χ0v) is 10.4. The first-order valence-electron chi connectivity index (χ1n) is 5.58. The Morgan fingerprint density at radius 1 is 1.59 bits per heavy atom. The number of likely N-dealkylation sites (N-methyl/N-ethyl adjacent to an activating group) is 1. The molecule has 6 heteroatoms. The molecular weight excluding hydrogens is 220 g/mol. The maximum absolute atomic E-state index is 10.7. The van der Waals surface area contributed by atoms with Crippen LogP contribution in [0.1, 0.15) is 12.5 Å². The standard InChI is InChI=1S/C11H18N4O2/c1-4-14(3)6-5-12-11-7-10(15(16)17)9(2)8-13-11/h7-8H,4-6H2,1-3H3,(H,12,13). The molecule has 1 aromatic rings. The number of nitrogens with zero attached hydrogens (tertiary/aromatic N) is 3. The van der Waals surface area contributed by atoms with Gasteiger partial charge in [0.15, 0.2) is 0 Å². The van der Waals surface area contributed by atoms with E-state index < -0.39 is 0 Å². The van der Waals surface area contributed by atoms with Gasteiger partial charge in [0.2, 0.25) is 0 Å². The molecule has 1 aromatic heterocycles. The second-order valence-electron chi connectivity index (χ2n) is 3.94. The van der Waals surface area contributed by atoms with Gasteiger partial charge in [-0.1, -0.05) is 6.92 Å². The fourth-order valence-corrected chi connectivity index (χ4v) is 1.34. The summed E-state index contributed by atoms with van der Waals surface area (Å²) in [7, 11) is 2.02. The van der Waals surface area contributed by atoms with Crippen molar-refractivity contribution in [1.29, 1.82) is 0 Å². The molecular formula is C11H18N4O2. The molecule has 17 heavy (non-hydrogen) atoms. The predicted octanol–water partition coefficient (Wildman–Crippen LogP) is 1.66. The van der Waals surface area contributed by atoms with Crippen molar-refractivity contribution in [3.63, 3.8) is 0 Å². The molecule has 0 spiro atoms. The minimum atomic E-state index is -0.389. The van der Waals surface area contributed by atoms with Crippen LogP contribution in [-0.2, 0) is 0 Å². The summed E-state index contributed by atoms with van der Waals surface area (Å²) in [5.74, 6) is 0.548. The summed E-state index contributed by atoms with van der Waals surface area (Å²) in [4.78, 5) is 16.6. The molecule has 0 aliphatic heterocycles. The number of nitrogens with one attached hydrogen (secondary N) is 1. The summed E-state index contributed by atoms with van der Waals surface area (Å²) >= 11 is 0. The normalized spacial score (nSPS) is 10.6. The summed E-state index contributed by atoms with van der Waals surface area (Å²) in [5.41, 5.74) is 0.678. The van der Waals surface area contributed by atoms with Gasteiger partial charge in [0.05, 0.1) is 11.0 Å². The van der Waals surface area contributed by atoms with Crippen LogP contribution in [0.25, 0.3) is 0 Å². The van der Waals surface area contributed by atoms with Gasteiger partial charge in [-0.3, -0.25) is 10.1 Å². The summed E-state index contributed by atoms with van der Waals surface area (Å²) in [6.07, 6.45) is 1.52. The SMILES string of the molecule is CCN(C)CCNc1cc([N+](=O)[O-])c(C)cn1. The molecule has 0 amide bonds. The van der Waals surface area contributed by atoms with Crippen molar-refractivity contribution in [3.8, 4) is 0 Å². The third-order valence-corrected chi connectivity index (χ3v) is 2.61. The number of anilines is 1. The minimum absolute atomic E-state index is 0.103. The van der Waals surface area contributed by atoms with E-state index in [1.54, 1.807) is 6.92 Å². The molecule has 0 radical (unpaired) electrons. The second-order valence-corrected chi connectivity index (χ2v) is 3.94. The Bertz CT molecular complexity index is 395. The zero-order chi connectivity index (χ0) is 12.8. The lowest BCUT2D eigenvalue weighted by molar-refractivity contribution is -0.385. The maximum atomic E-state index is 10.7. The first-order valence-corrected chi connectivity index (χ1v) is 5.58. The third kappa shape index (κ3) is 3.99. The van der Waals surface area contributed by atoms with Gasteiger partial charge in [0.1, 0.15) is 5.82 Å². The molecule has 0 saturated carbocycles. The number of pyridine rings is 1. The Kier molecular flexibility index (Phi) is 4.84. The molecule has 94 valence electrons. The molecule has 1 rings (SSSR count). The van der Waals surface area contributed by atoms with Crippen molar-refractivity contribution in [2.45, 2.75) is 13.8 Å². The van der Waals surface area contributed by atoms with Gasteiger partial charge >= 0.3 is 0 Å². The number of aryl methyl sites for hydroxylation is 1. The predicted molar refractivity (Wildman–Crippen MR) is 67.3 cm³/mol. The van der Waals surface area contributed by atoms with Crippen molar-refractivity contribution >= 4 is 11.5 Å². The molecule has 1 heterocycles. The second kappa shape index (κ2) is 6.15.